The van der Waals surface area contributed by atoms with Crippen LogP contribution in [0.1, 0.15) is 54.2 Å². The number of aromatic nitrogens is 2. The Morgan fingerprint density at radius 3 is 2.38 bits per heavy atom. The van der Waals surface area contributed by atoms with Crippen LogP contribution in [0, 0.1) is 13.8 Å². The van der Waals surface area contributed by atoms with Crippen molar-refractivity contribution >= 4 is 29.0 Å². The van der Waals surface area contributed by atoms with E-state index in [1.54, 1.807) is 17.5 Å². The molecule has 0 saturated carbocycles. The molecule has 0 bridgehead atoms. The molecule has 0 aliphatic rings. The van der Waals surface area contributed by atoms with E-state index in [0.29, 0.717) is 11.4 Å². The van der Waals surface area contributed by atoms with Gasteiger partial charge in [0.15, 0.2) is 11.7 Å². The van der Waals surface area contributed by atoms with Gasteiger partial charge in [-0.2, -0.15) is 0 Å². The summed E-state index contributed by atoms with van der Waals surface area (Å²) < 4.78 is 9.37. The number of rotatable bonds is 5. The second-order valence-corrected chi connectivity index (χ2v) is 8.58. The molecule has 0 aliphatic heterocycles. The van der Waals surface area contributed by atoms with Crippen molar-refractivity contribution in [3.8, 4) is 0 Å². The summed E-state index contributed by atoms with van der Waals surface area (Å²) in [6.45, 7) is 9.55. The lowest BCUT2D eigenvalue weighted by Gasteiger charge is -2.32. The van der Waals surface area contributed by atoms with E-state index in [1.165, 1.54) is 11.2 Å². The van der Waals surface area contributed by atoms with Gasteiger partial charge in [0.25, 0.3) is 11.8 Å². The first-order valence-electron chi connectivity index (χ1n) is 9.20. The fraction of sp³-hybridized carbons (Fsp3) is 0.333. The topological polar surface area (TPSA) is 88.3 Å². The number of nitrogens with zero attached hydrogens (tertiary/aromatic N) is 3. The van der Waals surface area contributed by atoms with Crippen LogP contribution >= 0.6 is 11.5 Å². The van der Waals surface area contributed by atoms with Crippen molar-refractivity contribution in [2.75, 3.05) is 4.90 Å². The molecule has 152 valence electrons. The molecule has 0 aliphatic carbocycles. The highest BCUT2D eigenvalue weighted by molar-refractivity contribution is 7.03. The molecule has 1 N–H and O–H groups in total. The number of benzene rings is 1. The Morgan fingerprint density at radius 1 is 1.17 bits per heavy atom. The van der Waals surface area contributed by atoms with Gasteiger partial charge in [0.1, 0.15) is 5.76 Å². The lowest BCUT2D eigenvalue weighted by molar-refractivity contribution is -0.124. The molecule has 2 heterocycles. The van der Waals surface area contributed by atoms with E-state index in [0.717, 1.165) is 22.7 Å². The van der Waals surface area contributed by atoms with Crippen molar-refractivity contribution in [1.29, 1.82) is 0 Å². The molecule has 0 fully saturated rings. The van der Waals surface area contributed by atoms with Gasteiger partial charge in [-0.05, 0) is 81.5 Å². The zero-order valence-electron chi connectivity index (χ0n) is 17.1. The van der Waals surface area contributed by atoms with Crippen molar-refractivity contribution in [2.24, 2.45) is 0 Å². The van der Waals surface area contributed by atoms with Gasteiger partial charge in [-0.25, -0.2) is 0 Å². The highest BCUT2D eigenvalue weighted by Crippen LogP contribution is 2.31. The average molecular weight is 413 g/mol. The maximum Gasteiger partial charge on any atom is 0.280 e. The fourth-order valence-electron chi connectivity index (χ4n) is 3.11. The minimum Gasteiger partial charge on any atom is -0.467 e. The number of hydrogen-bond acceptors (Lipinski definition) is 6. The maximum absolute atomic E-state index is 13.4. The van der Waals surface area contributed by atoms with Crippen LogP contribution < -0.4 is 10.2 Å². The van der Waals surface area contributed by atoms with E-state index >= 15 is 0 Å². The molecule has 2 aromatic heterocycles. The molecular weight excluding hydrogens is 388 g/mol. The Labute approximate surface area is 173 Å². The van der Waals surface area contributed by atoms with E-state index < -0.39 is 17.5 Å². The van der Waals surface area contributed by atoms with Gasteiger partial charge < -0.3 is 9.73 Å². The summed E-state index contributed by atoms with van der Waals surface area (Å²) >= 11 is 1.08. The van der Waals surface area contributed by atoms with Crippen LogP contribution in [0.4, 0.5) is 5.69 Å². The molecule has 0 saturated heterocycles. The van der Waals surface area contributed by atoms with Gasteiger partial charge in [0.2, 0.25) is 0 Å². The summed E-state index contributed by atoms with van der Waals surface area (Å²) in [5, 5.41) is 8.45. The van der Waals surface area contributed by atoms with Crippen molar-refractivity contribution in [3.05, 3.63) is 64.6 Å². The first kappa shape index (κ1) is 20.7. The van der Waals surface area contributed by atoms with Crippen LogP contribution in [0.25, 0.3) is 0 Å². The molecule has 1 aromatic carbocycles. The number of aryl methyl sites for hydroxylation is 2. The lowest BCUT2D eigenvalue weighted by atomic mass is 10.0. The standard InChI is InChI=1S/C21H24N4O3S/c1-13-9-14(2)11-15(10-13)25(20(27)16-12-29-24-23-16)18(17-7-6-8-28-17)19(26)22-21(3,4)5/h6-12,18H,1-5H3,(H,22,26)/t18-/m0/s1. The zero-order chi connectivity index (χ0) is 21.2. The molecule has 0 radical (unpaired) electrons. The van der Waals surface area contributed by atoms with Crippen LogP contribution in [-0.2, 0) is 4.79 Å². The van der Waals surface area contributed by atoms with Crippen LogP contribution in [0.2, 0.25) is 0 Å². The highest BCUT2D eigenvalue weighted by Gasteiger charge is 2.37. The number of furan rings is 1. The van der Waals surface area contributed by atoms with Crippen molar-refractivity contribution in [3.63, 3.8) is 0 Å². The summed E-state index contributed by atoms with van der Waals surface area (Å²) in [6, 6.07) is 8.12. The summed E-state index contributed by atoms with van der Waals surface area (Å²) in [5.41, 5.74) is 2.23. The Hall–Kier alpha value is -3.00. The minimum absolute atomic E-state index is 0.175. The molecule has 0 spiro atoms. The highest BCUT2D eigenvalue weighted by atomic mass is 32.1. The number of carbonyl (C=O) groups excluding carboxylic acids is 2. The summed E-state index contributed by atoms with van der Waals surface area (Å²) in [5.74, 6) is -0.403. The molecule has 0 unspecified atom stereocenters. The number of hydrogen-bond donors (Lipinski definition) is 1. The first-order chi connectivity index (χ1) is 13.7. The SMILES string of the molecule is Cc1cc(C)cc(N(C(=O)c2csnn2)[C@H](C(=O)NC(C)(C)C)c2ccco2)c1. The Morgan fingerprint density at radius 2 is 1.86 bits per heavy atom. The summed E-state index contributed by atoms with van der Waals surface area (Å²) in [7, 11) is 0. The van der Waals surface area contributed by atoms with Crippen molar-refractivity contribution < 1.29 is 14.0 Å². The van der Waals surface area contributed by atoms with Crippen LogP contribution in [0.3, 0.4) is 0 Å². The third-order valence-electron chi connectivity index (χ3n) is 4.10. The number of anilines is 1. The largest absolute Gasteiger partial charge is 0.467 e. The quantitative estimate of drug-likeness (QED) is 0.683. The van der Waals surface area contributed by atoms with Crippen molar-refractivity contribution in [2.45, 2.75) is 46.2 Å². The third-order valence-corrected chi connectivity index (χ3v) is 4.60. The van der Waals surface area contributed by atoms with Gasteiger partial charge in [-0.15, -0.1) is 5.10 Å². The number of nitrogens with one attached hydrogen (secondary N) is 1. The van der Waals surface area contributed by atoms with Gasteiger partial charge in [0.05, 0.1) is 6.26 Å². The van der Waals surface area contributed by atoms with E-state index in [4.69, 9.17) is 4.42 Å². The molecule has 3 rings (SSSR count). The van der Waals surface area contributed by atoms with Crippen molar-refractivity contribution in [1.82, 2.24) is 14.9 Å². The second kappa shape index (κ2) is 8.16. The van der Waals surface area contributed by atoms with Gasteiger partial charge in [-0.1, -0.05) is 10.6 Å². The van der Waals surface area contributed by atoms with Crippen LogP contribution in [-0.4, -0.2) is 26.9 Å². The monoisotopic (exact) mass is 412 g/mol. The van der Waals surface area contributed by atoms with Gasteiger partial charge in [0, 0.05) is 16.6 Å². The summed E-state index contributed by atoms with van der Waals surface area (Å²) in [6.07, 6.45) is 1.49. The number of amides is 2. The molecule has 29 heavy (non-hydrogen) atoms. The average Bonchev–Trinajstić information content (AvgIpc) is 3.29. The molecular formula is C21H24N4O3S. The van der Waals surface area contributed by atoms with Gasteiger partial charge >= 0.3 is 0 Å². The fourth-order valence-corrected chi connectivity index (χ4v) is 3.54. The smallest absolute Gasteiger partial charge is 0.280 e. The van der Waals surface area contributed by atoms with E-state index in [1.807, 2.05) is 52.8 Å². The minimum atomic E-state index is -1.00. The molecule has 3 aromatic rings. The lowest BCUT2D eigenvalue weighted by Crippen LogP contribution is -2.49. The molecule has 7 nitrogen and oxygen atoms in total. The molecule has 8 heteroatoms. The maximum atomic E-state index is 13.4. The van der Waals surface area contributed by atoms with Crippen LogP contribution in [0.15, 0.2) is 46.4 Å². The third kappa shape index (κ3) is 4.89. The van der Waals surface area contributed by atoms with E-state index in [9.17, 15) is 9.59 Å². The van der Waals surface area contributed by atoms with Gasteiger partial charge in [-0.3, -0.25) is 14.5 Å². The second-order valence-electron chi connectivity index (χ2n) is 7.97. The predicted molar refractivity (Wildman–Crippen MR) is 112 cm³/mol. The Balaban J connectivity index is 2.17. The molecule has 1 atom stereocenters. The zero-order valence-corrected chi connectivity index (χ0v) is 17.9. The first-order valence-corrected chi connectivity index (χ1v) is 10.0. The van der Waals surface area contributed by atoms with E-state index in [-0.39, 0.29) is 11.6 Å². The Kier molecular flexibility index (Phi) is 5.83. The number of carbonyl (C=O) groups is 2. The van der Waals surface area contributed by atoms with Crippen LogP contribution in [0.5, 0.6) is 0 Å². The predicted octanol–water partition coefficient (Wildman–Crippen LogP) is 4.05. The molecule has 2 amide bonds. The summed E-state index contributed by atoms with van der Waals surface area (Å²) in [4.78, 5) is 28.2. The normalized spacial score (nSPS) is 12.4. The Bertz CT molecular complexity index is 971. The van der Waals surface area contributed by atoms with E-state index in [2.05, 4.69) is 14.9 Å².